The maximum absolute atomic E-state index is 11.6. The maximum atomic E-state index is 11.6. The van der Waals surface area contributed by atoms with E-state index in [2.05, 4.69) is 4.99 Å². The van der Waals surface area contributed by atoms with Gasteiger partial charge in [-0.3, -0.25) is 4.99 Å². The molecule has 6 nitrogen and oxygen atoms in total. The molecule has 0 bridgehead atoms. The number of rotatable bonds is 7. The van der Waals surface area contributed by atoms with Gasteiger partial charge in [-0.05, 0) is 20.3 Å². The quantitative estimate of drug-likeness (QED) is 0.243. The number of esters is 1. The van der Waals surface area contributed by atoms with Crippen molar-refractivity contribution in [1.82, 2.24) is 0 Å². The van der Waals surface area contributed by atoms with Gasteiger partial charge in [-0.2, -0.15) is 5.26 Å². The third-order valence-corrected chi connectivity index (χ3v) is 1.96. The highest BCUT2D eigenvalue weighted by Crippen LogP contribution is 2.07. The highest BCUT2D eigenvalue weighted by molar-refractivity contribution is 6.26. The predicted octanol–water partition coefficient (Wildman–Crippen LogP) is 1.38. The summed E-state index contributed by atoms with van der Waals surface area (Å²) in [4.78, 5) is 15.5. The summed E-state index contributed by atoms with van der Waals surface area (Å²) >= 11 is 0. The first-order chi connectivity index (χ1) is 8.58. The first kappa shape index (κ1) is 16.1. The number of allylic oxidation sites excluding steroid dienone is 1. The standard InChI is InChI=1S/C12H18N2O4/c1-4-18-12(16)11(9(2)15)10(8-13)14-6-5-7-17-3/h15H,4-7H2,1-3H3/b11-9+,14-10?. The van der Waals surface area contributed by atoms with E-state index in [0.717, 1.165) is 0 Å². The fourth-order valence-corrected chi connectivity index (χ4v) is 1.19. The molecule has 0 saturated heterocycles. The zero-order valence-corrected chi connectivity index (χ0v) is 10.9. The molecular weight excluding hydrogens is 236 g/mol. The van der Waals surface area contributed by atoms with Crippen LogP contribution in [0.1, 0.15) is 20.3 Å². The van der Waals surface area contributed by atoms with Gasteiger partial charge in [0, 0.05) is 20.3 Å². The Morgan fingerprint density at radius 2 is 2.17 bits per heavy atom. The second kappa shape index (κ2) is 9.19. The lowest BCUT2D eigenvalue weighted by Crippen LogP contribution is -2.17. The summed E-state index contributed by atoms with van der Waals surface area (Å²) in [5.74, 6) is -1.02. The third-order valence-electron chi connectivity index (χ3n) is 1.96. The molecule has 6 heteroatoms. The fraction of sp³-hybridized carbons (Fsp3) is 0.583. The van der Waals surface area contributed by atoms with Crippen LogP contribution in [0.4, 0.5) is 0 Å². The molecule has 0 aromatic carbocycles. The Balaban J connectivity index is 4.93. The van der Waals surface area contributed by atoms with Crippen molar-refractivity contribution in [3.05, 3.63) is 11.3 Å². The number of carbonyl (C=O) groups excluding carboxylic acids is 1. The Labute approximate surface area is 107 Å². The molecular formula is C12H18N2O4. The van der Waals surface area contributed by atoms with Crippen molar-refractivity contribution in [2.75, 3.05) is 26.9 Å². The minimum Gasteiger partial charge on any atom is -0.512 e. The average Bonchev–Trinajstić information content (AvgIpc) is 2.32. The molecule has 0 aliphatic heterocycles. The van der Waals surface area contributed by atoms with Crippen molar-refractivity contribution < 1.29 is 19.4 Å². The number of aliphatic imine (C=N–C) groups is 1. The molecule has 0 unspecified atom stereocenters. The van der Waals surface area contributed by atoms with Gasteiger partial charge >= 0.3 is 5.97 Å². The van der Waals surface area contributed by atoms with Gasteiger partial charge < -0.3 is 14.6 Å². The molecule has 0 fully saturated rings. The van der Waals surface area contributed by atoms with Crippen molar-refractivity contribution >= 4 is 11.7 Å². The van der Waals surface area contributed by atoms with E-state index in [1.54, 1.807) is 20.1 Å². The van der Waals surface area contributed by atoms with Crippen molar-refractivity contribution in [2.45, 2.75) is 20.3 Å². The molecule has 0 spiro atoms. The Kier molecular flexibility index (Phi) is 8.24. The molecule has 0 rings (SSSR count). The molecule has 100 valence electrons. The number of aliphatic hydroxyl groups is 1. The summed E-state index contributed by atoms with van der Waals surface area (Å²) in [5, 5.41) is 18.4. The van der Waals surface area contributed by atoms with E-state index < -0.39 is 5.97 Å². The molecule has 0 aromatic rings. The van der Waals surface area contributed by atoms with E-state index in [9.17, 15) is 9.90 Å². The van der Waals surface area contributed by atoms with E-state index in [0.29, 0.717) is 19.6 Å². The van der Waals surface area contributed by atoms with Crippen molar-refractivity contribution in [2.24, 2.45) is 4.99 Å². The summed E-state index contributed by atoms with van der Waals surface area (Å²) in [6, 6.07) is 1.79. The van der Waals surface area contributed by atoms with Gasteiger partial charge in [0.15, 0.2) is 5.71 Å². The predicted molar refractivity (Wildman–Crippen MR) is 66.4 cm³/mol. The monoisotopic (exact) mass is 254 g/mol. The molecule has 0 radical (unpaired) electrons. The van der Waals surface area contributed by atoms with Gasteiger partial charge in [0.25, 0.3) is 0 Å². The first-order valence-corrected chi connectivity index (χ1v) is 5.59. The molecule has 1 N–H and O–H groups in total. The zero-order valence-electron chi connectivity index (χ0n) is 10.9. The number of ether oxygens (including phenoxy) is 2. The third kappa shape index (κ3) is 5.46. The largest absolute Gasteiger partial charge is 0.512 e. The van der Waals surface area contributed by atoms with Gasteiger partial charge in [0.2, 0.25) is 0 Å². The van der Waals surface area contributed by atoms with Crippen molar-refractivity contribution in [3.63, 3.8) is 0 Å². The van der Waals surface area contributed by atoms with E-state index >= 15 is 0 Å². The molecule has 0 aliphatic rings. The van der Waals surface area contributed by atoms with E-state index in [4.69, 9.17) is 14.7 Å². The van der Waals surface area contributed by atoms with E-state index in [1.165, 1.54) is 6.92 Å². The van der Waals surface area contributed by atoms with Crippen LogP contribution >= 0.6 is 0 Å². The maximum Gasteiger partial charge on any atom is 0.344 e. The van der Waals surface area contributed by atoms with E-state index in [1.807, 2.05) is 0 Å². The molecule has 0 heterocycles. The Hall–Kier alpha value is -1.87. The number of hydrogen-bond donors (Lipinski definition) is 1. The Morgan fingerprint density at radius 3 is 2.61 bits per heavy atom. The lowest BCUT2D eigenvalue weighted by Gasteiger charge is -2.06. The number of nitriles is 1. The lowest BCUT2D eigenvalue weighted by molar-refractivity contribution is -0.138. The van der Waals surface area contributed by atoms with Gasteiger partial charge in [-0.1, -0.05) is 0 Å². The lowest BCUT2D eigenvalue weighted by atomic mass is 10.1. The summed E-state index contributed by atoms with van der Waals surface area (Å²) < 4.78 is 9.61. The molecule has 18 heavy (non-hydrogen) atoms. The summed E-state index contributed by atoms with van der Waals surface area (Å²) in [6.45, 7) is 3.97. The molecule has 0 aliphatic carbocycles. The van der Waals surface area contributed by atoms with Crippen molar-refractivity contribution in [3.8, 4) is 6.07 Å². The van der Waals surface area contributed by atoms with Crippen LogP contribution in [0, 0.1) is 11.3 Å². The van der Waals surface area contributed by atoms with Gasteiger partial charge in [-0.25, -0.2) is 4.79 Å². The first-order valence-electron chi connectivity index (χ1n) is 5.59. The van der Waals surface area contributed by atoms with Crippen LogP contribution in [0.3, 0.4) is 0 Å². The Bertz CT molecular complexity index is 376. The number of aliphatic hydroxyl groups excluding tert-OH is 1. The van der Waals surface area contributed by atoms with Crippen LogP contribution in [0.15, 0.2) is 16.3 Å². The molecule has 0 aromatic heterocycles. The van der Waals surface area contributed by atoms with Crippen LogP contribution in [0.5, 0.6) is 0 Å². The van der Waals surface area contributed by atoms with Gasteiger partial charge in [0.1, 0.15) is 17.4 Å². The summed E-state index contributed by atoms with van der Waals surface area (Å²) in [7, 11) is 1.57. The number of hydrogen-bond acceptors (Lipinski definition) is 6. The van der Waals surface area contributed by atoms with Gasteiger partial charge in [0.05, 0.1) is 6.61 Å². The minimum atomic E-state index is -0.746. The van der Waals surface area contributed by atoms with Crippen LogP contribution in [-0.4, -0.2) is 43.7 Å². The fourth-order valence-electron chi connectivity index (χ4n) is 1.19. The van der Waals surface area contributed by atoms with Crippen LogP contribution < -0.4 is 0 Å². The Morgan fingerprint density at radius 1 is 1.50 bits per heavy atom. The van der Waals surface area contributed by atoms with Gasteiger partial charge in [-0.15, -0.1) is 0 Å². The van der Waals surface area contributed by atoms with E-state index in [-0.39, 0.29) is 23.7 Å². The average molecular weight is 254 g/mol. The molecule has 0 atom stereocenters. The zero-order chi connectivity index (χ0) is 14.0. The molecule has 0 saturated carbocycles. The SMILES string of the molecule is CCOC(=O)/C(C(C#N)=NCCCOC)=C(\C)O. The topological polar surface area (TPSA) is 91.9 Å². The second-order valence-corrected chi connectivity index (χ2v) is 3.37. The normalized spacial score (nSPS) is 12.7. The highest BCUT2D eigenvalue weighted by Gasteiger charge is 2.20. The van der Waals surface area contributed by atoms with Crippen LogP contribution in [0.2, 0.25) is 0 Å². The second-order valence-electron chi connectivity index (χ2n) is 3.37. The number of nitrogens with zero attached hydrogens (tertiary/aromatic N) is 2. The highest BCUT2D eigenvalue weighted by atomic mass is 16.5. The van der Waals surface area contributed by atoms with Crippen LogP contribution in [-0.2, 0) is 14.3 Å². The minimum absolute atomic E-state index is 0.121. The molecule has 0 amide bonds. The smallest absolute Gasteiger partial charge is 0.344 e. The van der Waals surface area contributed by atoms with Crippen LogP contribution in [0.25, 0.3) is 0 Å². The van der Waals surface area contributed by atoms with Crippen molar-refractivity contribution in [1.29, 1.82) is 5.26 Å². The summed E-state index contributed by atoms with van der Waals surface area (Å²) in [5.41, 5.74) is -0.304. The number of carbonyl (C=O) groups is 1. The number of methoxy groups -OCH3 is 1. The summed E-state index contributed by atoms with van der Waals surface area (Å²) in [6.07, 6.45) is 0.627.